The molecule has 0 bridgehead atoms. The van der Waals surface area contributed by atoms with Gasteiger partial charge < -0.3 is 9.84 Å². The number of phenolic OH excluding ortho intramolecular Hbond substituents is 1. The molecule has 2 aliphatic carbocycles. The van der Waals surface area contributed by atoms with E-state index in [4.69, 9.17) is 27.9 Å². The predicted molar refractivity (Wildman–Crippen MR) is 174 cm³/mol. The molecule has 6 atom stereocenters. The molecule has 1 N–H and O–H groups in total. The summed E-state index contributed by atoms with van der Waals surface area (Å²) in [6, 6.07) is 13.6. The minimum Gasteiger partial charge on any atom is -0.504 e. The van der Waals surface area contributed by atoms with Crippen molar-refractivity contribution in [1.82, 2.24) is 0 Å². The van der Waals surface area contributed by atoms with E-state index in [2.05, 4.69) is 0 Å². The molecule has 3 fully saturated rings. The summed E-state index contributed by atoms with van der Waals surface area (Å²) in [6.45, 7) is 5.64. The van der Waals surface area contributed by atoms with Gasteiger partial charge in [0.15, 0.2) is 11.5 Å². The highest BCUT2D eigenvalue weighted by molar-refractivity contribution is 6.32. The third kappa shape index (κ3) is 4.53. The van der Waals surface area contributed by atoms with Crippen LogP contribution in [0.4, 0.5) is 15.8 Å². The molecule has 3 aromatic carbocycles. The van der Waals surface area contributed by atoms with Crippen LogP contribution in [0.5, 0.6) is 11.5 Å². The van der Waals surface area contributed by atoms with Crippen molar-refractivity contribution in [3.05, 3.63) is 93.2 Å². The third-order valence-electron chi connectivity index (χ3n) is 10.5. The van der Waals surface area contributed by atoms with Crippen LogP contribution >= 0.6 is 23.2 Å². The second kappa shape index (κ2) is 11.2. The molecule has 0 aromatic heterocycles. The van der Waals surface area contributed by atoms with Gasteiger partial charge in [-0.2, -0.15) is 0 Å². The first-order chi connectivity index (χ1) is 22.4. The van der Waals surface area contributed by atoms with Crippen LogP contribution in [0, 0.1) is 41.8 Å². The van der Waals surface area contributed by atoms with Crippen LogP contribution < -0.4 is 14.5 Å². The van der Waals surface area contributed by atoms with E-state index in [1.165, 1.54) is 23.1 Å². The van der Waals surface area contributed by atoms with Crippen molar-refractivity contribution in [2.45, 2.75) is 39.5 Å². The lowest BCUT2D eigenvalue weighted by atomic mass is 9.51. The molecular weight excluding hydrogens is 646 g/mol. The van der Waals surface area contributed by atoms with Crippen LogP contribution in [0.25, 0.3) is 0 Å². The molecule has 4 aliphatic rings. The van der Waals surface area contributed by atoms with Crippen molar-refractivity contribution >= 4 is 58.2 Å². The van der Waals surface area contributed by atoms with Gasteiger partial charge in [-0.25, -0.2) is 14.2 Å². The van der Waals surface area contributed by atoms with Crippen molar-refractivity contribution < 1.29 is 33.4 Å². The van der Waals surface area contributed by atoms with Crippen molar-refractivity contribution in [2.75, 3.05) is 16.4 Å². The van der Waals surface area contributed by atoms with Gasteiger partial charge in [-0.1, -0.05) is 47.0 Å². The molecule has 242 valence electrons. The van der Waals surface area contributed by atoms with E-state index in [0.29, 0.717) is 16.3 Å². The Hall–Kier alpha value is -4.21. The number of hydrogen-bond acceptors (Lipinski definition) is 6. The number of amides is 4. The van der Waals surface area contributed by atoms with E-state index in [0.717, 1.165) is 22.1 Å². The average Bonchev–Trinajstić information content (AvgIpc) is 3.41. The highest BCUT2D eigenvalue weighted by atomic mass is 35.5. The van der Waals surface area contributed by atoms with Gasteiger partial charge in [0.1, 0.15) is 5.82 Å². The molecular formula is C36H31Cl2FN2O6. The first-order valence-electron chi connectivity index (χ1n) is 15.5. The molecule has 8 nitrogen and oxygen atoms in total. The smallest absolute Gasteiger partial charge is 0.241 e. The summed E-state index contributed by atoms with van der Waals surface area (Å²) in [5, 5.41) is 10.7. The molecule has 0 spiro atoms. The zero-order valence-electron chi connectivity index (χ0n) is 25.8. The van der Waals surface area contributed by atoms with Gasteiger partial charge >= 0.3 is 0 Å². The monoisotopic (exact) mass is 676 g/mol. The van der Waals surface area contributed by atoms with E-state index < -0.39 is 52.6 Å². The number of anilines is 2. The van der Waals surface area contributed by atoms with Gasteiger partial charge in [0.25, 0.3) is 0 Å². The Balaban J connectivity index is 1.37. The number of imide groups is 2. The van der Waals surface area contributed by atoms with Gasteiger partial charge in [0.2, 0.25) is 23.6 Å². The van der Waals surface area contributed by atoms with Gasteiger partial charge in [0.05, 0.1) is 46.2 Å². The fraction of sp³-hybridized carbons (Fsp3) is 0.333. The van der Waals surface area contributed by atoms with Crippen LogP contribution in [-0.2, 0) is 19.2 Å². The Morgan fingerprint density at radius 2 is 1.62 bits per heavy atom. The van der Waals surface area contributed by atoms with Gasteiger partial charge in [-0.3, -0.25) is 19.2 Å². The zero-order chi connectivity index (χ0) is 33.5. The number of ether oxygens (including phenoxy) is 1. The molecule has 11 heteroatoms. The average molecular weight is 678 g/mol. The van der Waals surface area contributed by atoms with Gasteiger partial charge in [-0.15, -0.1) is 0 Å². The molecule has 2 saturated heterocycles. The molecule has 7 rings (SSSR count). The fourth-order valence-electron chi connectivity index (χ4n) is 8.22. The van der Waals surface area contributed by atoms with E-state index in [9.17, 15) is 28.7 Å². The van der Waals surface area contributed by atoms with E-state index in [-0.39, 0.29) is 53.5 Å². The summed E-state index contributed by atoms with van der Waals surface area (Å²) >= 11 is 12.5. The maximum absolute atomic E-state index is 14.6. The van der Waals surface area contributed by atoms with Crippen LogP contribution in [0.15, 0.2) is 66.2 Å². The second-order valence-electron chi connectivity index (χ2n) is 12.9. The topological polar surface area (TPSA) is 104 Å². The number of benzene rings is 3. The summed E-state index contributed by atoms with van der Waals surface area (Å²) in [4.78, 5) is 59.3. The van der Waals surface area contributed by atoms with Crippen molar-refractivity contribution in [2.24, 2.45) is 29.1 Å². The predicted octanol–water partition coefficient (Wildman–Crippen LogP) is 6.98. The van der Waals surface area contributed by atoms with Gasteiger partial charge in [0, 0.05) is 10.9 Å². The minimum absolute atomic E-state index is 0.0808. The number of fused-ring (bicyclic) bond motifs is 4. The number of aromatic hydroxyl groups is 1. The lowest BCUT2D eigenvalue weighted by Gasteiger charge is -2.49. The van der Waals surface area contributed by atoms with E-state index >= 15 is 0 Å². The van der Waals surface area contributed by atoms with E-state index in [1.54, 1.807) is 44.2 Å². The normalized spacial score (nSPS) is 28.3. The summed E-state index contributed by atoms with van der Waals surface area (Å²) in [5.74, 6) is -5.81. The molecule has 2 heterocycles. The Bertz CT molecular complexity index is 1930. The molecule has 1 saturated carbocycles. The fourth-order valence-corrected chi connectivity index (χ4v) is 8.57. The number of halogens is 3. The molecule has 0 radical (unpaired) electrons. The van der Waals surface area contributed by atoms with Crippen LogP contribution in [0.1, 0.15) is 43.7 Å². The highest BCUT2D eigenvalue weighted by Gasteiger charge is 2.67. The Morgan fingerprint density at radius 3 is 2.32 bits per heavy atom. The molecule has 47 heavy (non-hydrogen) atoms. The number of phenols is 1. The van der Waals surface area contributed by atoms with Crippen molar-refractivity contribution in [1.29, 1.82) is 0 Å². The standard InChI is InChI=1S/C36H31Cl2FN2O6/c1-4-47-29-13-18(6-12-28(29)42)31-21-9-10-22-30(34(45)40(32(22)43)19-7-5-17(2)25(37)14-19)23(21)16-24-33(44)41(35(46)36(24,31)3)20-8-11-27(39)26(38)15-20/h5-9,11-15,22-24,30-31,42H,4,10,16H2,1-3H3. The lowest BCUT2D eigenvalue weighted by molar-refractivity contribution is -0.131. The summed E-state index contributed by atoms with van der Waals surface area (Å²) in [6.07, 6.45) is 2.36. The second-order valence-corrected chi connectivity index (χ2v) is 13.7. The number of rotatable bonds is 5. The first-order valence-corrected chi connectivity index (χ1v) is 16.3. The summed E-state index contributed by atoms with van der Waals surface area (Å²) in [7, 11) is 0. The Kier molecular flexibility index (Phi) is 7.48. The number of carbonyl (C=O) groups excluding carboxylic acids is 4. The maximum atomic E-state index is 14.6. The Morgan fingerprint density at radius 1 is 0.915 bits per heavy atom. The zero-order valence-corrected chi connectivity index (χ0v) is 27.3. The molecule has 3 aromatic rings. The molecule has 4 amide bonds. The number of aryl methyl sites for hydroxylation is 1. The number of nitrogens with zero attached hydrogens (tertiary/aromatic N) is 2. The highest BCUT2D eigenvalue weighted by Crippen LogP contribution is 2.64. The minimum atomic E-state index is -1.33. The quantitative estimate of drug-likeness (QED) is 0.231. The molecule has 6 unspecified atom stereocenters. The van der Waals surface area contributed by atoms with E-state index in [1.807, 2.05) is 13.0 Å². The number of carbonyl (C=O) groups is 4. The van der Waals surface area contributed by atoms with Crippen molar-refractivity contribution in [3.63, 3.8) is 0 Å². The van der Waals surface area contributed by atoms with Crippen molar-refractivity contribution in [3.8, 4) is 11.5 Å². The largest absolute Gasteiger partial charge is 0.504 e. The Labute approximate surface area is 280 Å². The van der Waals surface area contributed by atoms with Crippen LogP contribution in [-0.4, -0.2) is 35.3 Å². The maximum Gasteiger partial charge on any atom is 0.241 e. The SMILES string of the molecule is CCOc1cc(C2C3=CCC4C(=O)N(c5ccc(C)c(Cl)c5)C(=O)C4C3CC3C(=O)N(c4ccc(F)c(Cl)c4)C(=O)C32C)ccc1O. The number of hydrogen-bond donors (Lipinski definition) is 1. The molecule has 2 aliphatic heterocycles. The first kappa shape index (κ1) is 31.4. The summed E-state index contributed by atoms with van der Waals surface area (Å²) < 4.78 is 19.8. The van der Waals surface area contributed by atoms with Crippen LogP contribution in [0.2, 0.25) is 10.0 Å². The summed E-state index contributed by atoms with van der Waals surface area (Å²) in [5.41, 5.74) is 1.40. The van der Waals surface area contributed by atoms with Gasteiger partial charge in [-0.05, 0) is 93.1 Å². The lowest BCUT2D eigenvalue weighted by Crippen LogP contribution is -2.48. The van der Waals surface area contributed by atoms with Crippen LogP contribution in [0.3, 0.4) is 0 Å². The number of allylic oxidation sites excluding steroid dienone is 2. The third-order valence-corrected chi connectivity index (χ3v) is 11.2.